The highest BCUT2D eigenvalue weighted by Gasteiger charge is 2.23. The van der Waals surface area contributed by atoms with Crippen LogP contribution in [0.5, 0.6) is 5.75 Å². The van der Waals surface area contributed by atoms with Gasteiger partial charge >= 0.3 is 0 Å². The van der Waals surface area contributed by atoms with Crippen molar-refractivity contribution in [1.29, 1.82) is 0 Å². The highest BCUT2D eigenvalue weighted by atomic mass is 32.2. The highest BCUT2D eigenvalue weighted by Crippen LogP contribution is 2.33. The SMILES string of the molecule is CCC(C)(CC)c1ccc(OC)c(F)c1.CS(=O)(=O)Nc1cccc2cc[nH]c12. The van der Waals surface area contributed by atoms with E-state index in [1.54, 1.807) is 24.4 Å². The Bertz CT molecular complexity index is 1060. The van der Waals surface area contributed by atoms with Crippen LogP contribution < -0.4 is 9.46 Å². The smallest absolute Gasteiger partial charge is 0.229 e. The van der Waals surface area contributed by atoms with Crippen molar-refractivity contribution in [2.24, 2.45) is 0 Å². The van der Waals surface area contributed by atoms with Gasteiger partial charge in [-0.15, -0.1) is 0 Å². The van der Waals surface area contributed by atoms with E-state index in [9.17, 15) is 12.8 Å². The number of sulfonamides is 1. The molecule has 2 N–H and O–H groups in total. The van der Waals surface area contributed by atoms with Crippen LogP contribution in [0.2, 0.25) is 0 Å². The second kappa shape index (κ2) is 9.31. The number of methoxy groups -OCH3 is 1. The van der Waals surface area contributed by atoms with Crippen molar-refractivity contribution in [1.82, 2.24) is 4.98 Å². The number of benzene rings is 2. The molecule has 2 aromatic carbocycles. The van der Waals surface area contributed by atoms with Gasteiger partial charge in [0, 0.05) is 11.6 Å². The lowest BCUT2D eigenvalue weighted by Crippen LogP contribution is -2.19. The monoisotopic (exact) mass is 420 g/mol. The van der Waals surface area contributed by atoms with Gasteiger partial charge in [-0.25, -0.2) is 12.8 Å². The number of hydrogen-bond acceptors (Lipinski definition) is 3. The Labute approximate surface area is 172 Å². The maximum atomic E-state index is 13.5. The van der Waals surface area contributed by atoms with E-state index in [1.807, 2.05) is 24.3 Å². The number of H-pyrrole nitrogens is 1. The van der Waals surface area contributed by atoms with Crippen LogP contribution in [0, 0.1) is 5.82 Å². The first-order chi connectivity index (χ1) is 13.6. The molecule has 7 heteroatoms. The molecule has 3 aromatic rings. The highest BCUT2D eigenvalue weighted by molar-refractivity contribution is 7.92. The second-order valence-electron chi connectivity index (χ2n) is 7.24. The lowest BCUT2D eigenvalue weighted by molar-refractivity contribution is 0.382. The number of aromatic amines is 1. The average molecular weight is 421 g/mol. The summed E-state index contributed by atoms with van der Waals surface area (Å²) in [7, 11) is -1.73. The van der Waals surface area contributed by atoms with Gasteiger partial charge in [-0.3, -0.25) is 4.72 Å². The molecule has 158 valence electrons. The van der Waals surface area contributed by atoms with E-state index in [0.717, 1.165) is 35.6 Å². The molecule has 1 heterocycles. The molecule has 0 fully saturated rings. The van der Waals surface area contributed by atoms with Gasteiger partial charge in [0.1, 0.15) is 0 Å². The van der Waals surface area contributed by atoms with E-state index < -0.39 is 10.0 Å². The molecule has 29 heavy (non-hydrogen) atoms. The molecule has 0 aliphatic carbocycles. The minimum atomic E-state index is -3.22. The van der Waals surface area contributed by atoms with Crippen molar-refractivity contribution >= 4 is 26.6 Å². The molecule has 0 radical (unpaired) electrons. The summed E-state index contributed by atoms with van der Waals surface area (Å²) in [6.07, 6.45) is 4.93. The minimum Gasteiger partial charge on any atom is -0.494 e. The average Bonchev–Trinajstić information content (AvgIpc) is 3.16. The molecule has 0 spiro atoms. The molecule has 0 saturated heterocycles. The van der Waals surface area contributed by atoms with Crippen LogP contribution in [0.3, 0.4) is 0 Å². The zero-order valence-electron chi connectivity index (χ0n) is 17.5. The number of aromatic nitrogens is 1. The van der Waals surface area contributed by atoms with Crippen LogP contribution in [-0.2, 0) is 15.4 Å². The van der Waals surface area contributed by atoms with Gasteiger partial charge in [0.05, 0.1) is 24.6 Å². The number of fused-ring (bicyclic) bond motifs is 1. The number of halogens is 1. The number of rotatable bonds is 6. The number of hydrogen-bond donors (Lipinski definition) is 2. The van der Waals surface area contributed by atoms with Crippen LogP contribution in [-0.4, -0.2) is 26.8 Å². The summed E-state index contributed by atoms with van der Waals surface area (Å²) in [5.74, 6) is 0.0384. The Morgan fingerprint density at radius 3 is 2.38 bits per heavy atom. The third-order valence-corrected chi connectivity index (χ3v) is 5.88. The van der Waals surface area contributed by atoms with Gasteiger partial charge in [-0.2, -0.15) is 0 Å². The fourth-order valence-corrected chi connectivity index (χ4v) is 3.64. The van der Waals surface area contributed by atoms with E-state index in [0.29, 0.717) is 11.4 Å². The summed E-state index contributed by atoms with van der Waals surface area (Å²) in [6, 6.07) is 12.6. The first kappa shape index (κ1) is 22.7. The van der Waals surface area contributed by atoms with Crippen LogP contribution >= 0.6 is 0 Å². The molecule has 5 nitrogen and oxygen atoms in total. The Balaban J connectivity index is 0.000000207. The maximum Gasteiger partial charge on any atom is 0.229 e. The standard InChI is InChI=1S/C13H19FO.C9H10N2O2S/c1-5-13(3,6-2)10-7-8-12(15-4)11(14)9-10;1-14(12,13)11-8-4-2-3-7-5-6-10-9(7)8/h7-9H,5-6H2,1-4H3;2-6,10-11H,1H3. The molecular weight excluding hydrogens is 391 g/mol. The number of nitrogens with one attached hydrogen (secondary N) is 2. The number of anilines is 1. The van der Waals surface area contributed by atoms with Crippen molar-refractivity contribution in [3.8, 4) is 5.75 Å². The Morgan fingerprint density at radius 1 is 1.14 bits per heavy atom. The molecule has 0 saturated carbocycles. The van der Waals surface area contributed by atoms with Crippen molar-refractivity contribution in [2.75, 3.05) is 18.1 Å². The summed E-state index contributed by atoms with van der Waals surface area (Å²) in [5.41, 5.74) is 2.49. The van der Waals surface area contributed by atoms with E-state index >= 15 is 0 Å². The van der Waals surface area contributed by atoms with Crippen molar-refractivity contribution in [3.05, 3.63) is 60.0 Å². The fraction of sp³-hybridized carbons (Fsp3) is 0.364. The lowest BCUT2D eigenvalue weighted by atomic mass is 9.78. The lowest BCUT2D eigenvalue weighted by Gasteiger charge is -2.27. The first-order valence-electron chi connectivity index (χ1n) is 9.51. The van der Waals surface area contributed by atoms with Crippen LogP contribution in [0.1, 0.15) is 39.2 Å². The minimum absolute atomic E-state index is 0.0626. The summed E-state index contributed by atoms with van der Waals surface area (Å²) < 4.78 is 43.0. The van der Waals surface area contributed by atoms with Crippen LogP contribution in [0.15, 0.2) is 48.7 Å². The quantitative estimate of drug-likeness (QED) is 0.557. The predicted molar refractivity (Wildman–Crippen MR) is 118 cm³/mol. The van der Waals surface area contributed by atoms with Crippen molar-refractivity contribution < 1.29 is 17.5 Å². The van der Waals surface area contributed by atoms with Gasteiger partial charge in [0.15, 0.2) is 11.6 Å². The number of para-hydroxylation sites is 1. The normalized spacial score (nSPS) is 11.7. The zero-order valence-corrected chi connectivity index (χ0v) is 18.4. The molecule has 0 aliphatic heterocycles. The summed E-state index contributed by atoms with van der Waals surface area (Å²) in [5, 5.41) is 0.985. The molecule has 1 aromatic heterocycles. The van der Waals surface area contributed by atoms with Crippen molar-refractivity contribution in [3.63, 3.8) is 0 Å². The number of ether oxygens (including phenoxy) is 1. The van der Waals surface area contributed by atoms with Crippen LogP contribution in [0.4, 0.5) is 10.1 Å². The Hall–Kier alpha value is -2.54. The van der Waals surface area contributed by atoms with E-state index in [-0.39, 0.29) is 11.2 Å². The zero-order chi connectivity index (χ0) is 21.7. The van der Waals surface area contributed by atoms with Gasteiger partial charge in [-0.1, -0.05) is 39.0 Å². The van der Waals surface area contributed by atoms with E-state index in [1.165, 1.54) is 7.11 Å². The molecular formula is C22H29FN2O3S. The van der Waals surface area contributed by atoms with Crippen molar-refractivity contribution in [2.45, 2.75) is 39.0 Å². The predicted octanol–water partition coefficient (Wildman–Crippen LogP) is 5.45. The Morgan fingerprint density at radius 2 is 1.83 bits per heavy atom. The molecule has 0 unspecified atom stereocenters. The molecule has 3 rings (SSSR count). The van der Waals surface area contributed by atoms with Crippen LogP contribution in [0.25, 0.3) is 10.9 Å². The van der Waals surface area contributed by atoms with Gasteiger partial charge in [-0.05, 0) is 48.1 Å². The topological polar surface area (TPSA) is 71.2 Å². The summed E-state index contributed by atoms with van der Waals surface area (Å²) >= 11 is 0. The molecule has 0 bridgehead atoms. The second-order valence-corrected chi connectivity index (χ2v) is 8.99. The molecule has 0 aliphatic rings. The van der Waals surface area contributed by atoms with E-state index in [4.69, 9.17) is 4.74 Å². The molecule has 0 amide bonds. The van der Waals surface area contributed by atoms with E-state index in [2.05, 4.69) is 30.5 Å². The summed E-state index contributed by atoms with van der Waals surface area (Å²) in [6.45, 7) is 6.42. The first-order valence-corrected chi connectivity index (χ1v) is 11.4. The summed E-state index contributed by atoms with van der Waals surface area (Å²) in [4.78, 5) is 2.98. The van der Waals surface area contributed by atoms with Gasteiger partial charge in [0.25, 0.3) is 0 Å². The molecule has 0 atom stereocenters. The third-order valence-electron chi connectivity index (χ3n) is 5.29. The van der Waals surface area contributed by atoms with Gasteiger partial charge in [0.2, 0.25) is 10.0 Å². The third kappa shape index (κ3) is 5.73. The fourth-order valence-electron chi connectivity index (χ4n) is 3.07. The maximum absolute atomic E-state index is 13.5. The Kier molecular flexibility index (Phi) is 7.30. The van der Waals surface area contributed by atoms with Gasteiger partial charge < -0.3 is 9.72 Å². The largest absolute Gasteiger partial charge is 0.494 e.